The Kier molecular flexibility index (Phi) is 7.02. The van der Waals surface area contributed by atoms with Crippen molar-refractivity contribution >= 4 is 5.91 Å². The van der Waals surface area contributed by atoms with E-state index < -0.39 is 6.10 Å². The van der Waals surface area contributed by atoms with Gasteiger partial charge in [-0.3, -0.25) is 4.79 Å². The van der Waals surface area contributed by atoms with Gasteiger partial charge < -0.3 is 20.5 Å². The van der Waals surface area contributed by atoms with E-state index in [2.05, 4.69) is 5.32 Å². The Morgan fingerprint density at radius 2 is 2.10 bits per heavy atom. The Morgan fingerprint density at radius 1 is 1.38 bits per heavy atom. The standard InChI is InChI=1S/C16H26N2O3/c1-5-13(17)10-12-8-7-9-14(20-4)15(12)21-11(3)16(19)18-6-2/h7-9,11,13H,5-6,10,17H2,1-4H3,(H,18,19). The maximum absolute atomic E-state index is 11.8. The molecule has 1 amide bonds. The molecule has 0 aromatic heterocycles. The highest BCUT2D eigenvalue weighted by molar-refractivity contribution is 5.80. The average Bonchev–Trinajstić information content (AvgIpc) is 2.48. The topological polar surface area (TPSA) is 73.6 Å². The molecule has 5 nitrogen and oxygen atoms in total. The lowest BCUT2D eigenvalue weighted by Crippen LogP contribution is -2.36. The summed E-state index contributed by atoms with van der Waals surface area (Å²) in [5.74, 6) is 1.07. The van der Waals surface area contributed by atoms with E-state index in [9.17, 15) is 4.79 Å². The highest BCUT2D eigenvalue weighted by atomic mass is 16.5. The Balaban J connectivity index is 2.98. The minimum Gasteiger partial charge on any atom is -0.493 e. The minimum absolute atomic E-state index is 0.0548. The molecule has 0 saturated heterocycles. The number of para-hydroxylation sites is 1. The van der Waals surface area contributed by atoms with Crippen LogP contribution in [-0.4, -0.2) is 31.7 Å². The van der Waals surface area contributed by atoms with E-state index in [1.54, 1.807) is 14.0 Å². The summed E-state index contributed by atoms with van der Waals surface area (Å²) in [6.45, 7) is 6.22. The third-order valence-electron chi connectivity index (χ3n) is 3.30. The van der Waals surface area contributed by atoms with Crippen LogP contribution in [0.5, 0.6) is 11.5 Å². The van der Waals surface area contributed by atoms with Crippen LogP contribution in [0.3, 0.4) is 0 Å². The molecule has 0 aliphatic carbocycles. The summed E-state index contributed by atoms with van der Waals surface area (Å²) in [7, 11) is 1.59. The van der Waals surface area contributed by atoms with Crippen molar-refractivity contribution in [2.45, 2.75) is 45.8 Å². The predicted molar refractivity (Wildman–Crippen MR) is 83.7 cm³/mol. The molecule has 0 bridgehead atoms. The van der Waals surface area contributed by atoms with Crippen molar-refractivity contribution in [2.24, 2.45) is 5.73 Å². The highest BCUT2D eigenvalue weighted by Gasteiger charge is 2.19. The fraction of sp³-hybridized carbons (Fsp3) is 0.562. The molecule has 0 fully saturated rings. The van der Waals surface area contributed by atoms with Crippen LogP contribution in [0.1, 0.15) is 32.8 Å². The lowest BCUT2D eigenvalue weighted by molar-refractivity contribution is -0.127. The Bertz CT molecular complexity index is 463. The quantitative estimate of drug-likeness (QED) is 0.768. The van der Waals surface area contributed by atoms with Crippen molar-refractivity contribution in [3.8, 4) is 11.5 Å². The maximum atomic E-state index is 11.8. The van der Waals surface area contributed by atoms with Crippen molar-refractivity contribution in [1.82, 2.24) is 5.32 Å². The maximum Gasteiger partial charge on any atom is 0.260 e. The van der Waals surface area contributed by atoms with Gasteiger partial charge in [0, 0.05) is 12.6 Å². The van der Waals surface area contributed by atoms with E-state index in [0.717, 1.165) is 12.0 Å². The van der Waals surface area contributed by atoms with Crippen molar-refractivity contribution in [3.05, 3.63) is 23.8 Å². The second-order valence-corrected chi connectivity index (χ2v) is 4.98. The number of ether oxygens (including phenoxy) is 2. The van der Waals surface area contributed by atoms with Crippen LogP contribution in [-0.2, 0) is 11.2 Å². The summed E-state index contributed by atoms with van der Waals surface area (Å²) in [5, 5.41) is 2.74. The summed E-state index contributed by atoms with van der Waals surface area (Å²) >= 11 is 0. The summed E-state index contributed by atoms with van der Waals surface area (Å²) in [4.78, 5) is 11.8. The molecule has 118 valence electrons. The van der Waals surface area contributed by atoms with Gasteiger partial charge >= 0.3 is 0 Å². The summed E-state index contributed by atoms with van der Waals surface area (Å²) in [6.07, 6.45) is 0.978. The molecule has 0 aliphatic rings. The van der Waals surface area contributed by atoms with Crippen LogP contribution >= 0.6 is 0 Å². The largest absolute Gasteiger partial charge is 0.493 e. The first kappa shape index (κ1) is 17.3. The third-order valence-corrected chi connectivity index (χ3v) is 3.30. The molecular formula is C16H26N2O3. The molecule has 0 radical (unpaired) electrons. The number of nitrogens with one attached hydrogen (secondary N) is 1. The van der Waals surface area contributed by atoms with Crippen LogP contribution in [0, 0.1) is 0 Å². The number of nitrogens with two attached hydrogens (primary N) is 1. The number of amides is 1. The number of hydrogen-bond donors (Lipinski definition) is 2. The first-order valence-corrected chi connectivity index (χ1v) is 7.39. The van der Waals surface area contributed by atoms with Crippen molar-refractivity contribution in [2.75, 3.05) is 13.7 Å². The summed E-state index contributed by atoms with van der Waals surface area (Å²) in [5.41, 5.74) is 6.99. The normalized spacial score (nSPS) is 13.4. The summed E-state index contributed by atoms with van der Waals surface area (Å²) < 4.78 is 11.2. The van der Waals surface area contributed by atoms with Crippen LogP contribution in [0.25, 0.3) is 0 Å². The lowest BCUT2D eigenvalue weighted by atomic mass is 10.0. The van der Waals surface area contributed by atoms with E-state index in [4.69, 9.17) is 15.2 Å². The van der Waals surface area contributed by atoms with E-state index in [0.29, 0.717) is 24.5 Å². The van der Waals surface area contributed by atoms with Crippen LogP contribution in [0.15, 0.2) is 18.2 Å². The van der Waals surface area contributed by atoms with E-state index >= 15 is 0 Å². The van der Waals surface area contributed by atoms with Crippen LogP contribution < -0.4 is 20.5 Å². The molecule has 2 atom stereocenters. The van der Waals surface area contributed by atoms with Crippen LogP contribution in [0.2, 0.25) is 0 Å². The molecule has 0 aliphatic heterocycles. The van der Waals surface area contributed by atoms with Gasteiger partial charge in [-0.1, -0.05) is 19.1 Å². The third kappa shape index (κ3) is 4.93. The van der Waals surface area contributed by atoms with Gasteiger partial charge in [0.15, 0.2) is 17.6 Å². The van der Waals surface area contributed by atoms with Gasteiger partial charge in [0.1, 0.15) is 0 Å². The molecule has 0 heterocycles. The molecule has 1 rings (SSSR count). The van der Waals surface area contributed by atoms with Gasteiger partial charge in [-0.2, -0.15) is 0 Å². The molecular weight excluding hydrogens is 268 g/mol. The molecule has 2 unspecified atom stereocenters. The first-order chi connectivity index (χ1) is 10.0. The zero-order valence-corrected chi connectivity index (χ0v) is 13.3. The SMILES string of the molecule is CCNC(=O)C(C)Oc1c(CC(N)CC)cccc1OC. The second kappa shape index (κ2) is 8.52. The van der Waals surface area contributed by atoms with Gasteiger partial charge in [-0.25, -0.2) is 0 Å². The van der Waals surface area contributed by atoms with Gasteiger partial charge in [0.05, 0.1) is 7.11 Å². The Labute approximate surface area is 126 Å². The van der Waals surface area contributed by atoms with Crippen molar-refractivity contribution < 1.29 is 14.3 Å². The minimum atomic E-state index is -0.585. The number of carbonyl (C=O) groups excluding carboxylic acids is 1. The van der Waals surface area contributed by atoms with Gasteiger partial charge in [0.2, 0.25) is 0 Å². The summed E-state index contributed by atoms with van der Waals surface area (Å²) in [6, 6.07) is 5.73. The van der Waals surface area contributed by atoms with Crippen LogP contribution in [0.4, 0.5) is 0 Å². The number of benzene rings is 1. The first-order valence-electron chi connectivity index (χ1n) is 7.39. The van der Waals surface area contributed by atoms with Gasteiger partial charge in [0.25, 0.3) is 5.91 Å². The van der Waals surface area contributed by atoms with E-state index in [1.807, 2.05) is 32.0 Å². The van der Waals surface area contributed by atoms with Gasteiger partial charge in [-0.15, -0.1) is 0 Å². The molecule has 21 heavy (non-hydrogen) atoms. The molecule has 5 heteroatoms. The number of rotatable bonds is 8. The number of likely N-dealkylation sites (N-methyl/N-ethyl adjacent to an activating group) is 1. The predicted octanol–water partition coefficient (Wildman–Crippen LogP) is 1.88. The molecule has 0 saturated carbocycles. The van der Waals surface area contributed by atoms with E-state index in [1.165, 1.54) is 0 Å². The molecule has 0 spiro atoms. The fourth-order valence-electron chi connectivity index (χ4n) is 1.99. The smallest absolute Gasteiger partial charge is 0.260 e. The zero-order valence-electron chi connectivity index (χ0n) is 13.3. The molecule has 1 aromatic rings. The molecule has 1 aromatic carbocycles. The highest BCUT2D eigenvalue weighted by Crippen LogP contribution is 2.32. The monoisotopic (exact) mass is 294 g/mol. The van der Waals surface area contributed by atoms with E-state index in [-0.39, 0.29) is 11.9 Å². The Hall–Kier alpha value is -1.75. The Morgan fingerprint density at radius 3 is 2.67 bits per heavy atom. The van der Waals surface area contributed by atoms with Crippen molar-refractivity contribution in [1.29, 1.82) is 0 Å². The number of hydrogen-bond acceptors (Lipinski definition) is 4. The average molecular weight is 294 g/mol. The zero-order chi connectivity index (χ0) is 15.8. The molecule has 3 N–H and O–H groups in total. The second-order valence-electron chi connectivity index (χ2n) is 4.98. The number of methoxy groups -OCH3 is 1. The fourth-order valence-corrected chi connectivity index (χ4v) is 1.99. The number of carbonyl (C=O) groups is 1. The van der Waals surface area contributed by atoms with Gasteiger partial charge in [-0.05, 0) is 38.3 Å². The van der Waals surface area contributed by atoms with Crippen molar-refractivity contribution in [3.63, 3.8) is 0 Å². The lowest BCUT2D eigenvalue weighted by Gasteiger charge is -2.20.